The van der Waals surface area contributed by atoms with Crippen LogP contribution in [0.4, 0.5) is 0 Å². The number of ether oxygens (including phenoxy) is 3. The lowest BCUT2D eigenvalue weighted by atomic mass is 9.47. The van der Waals surface area contributed by atoms with E-state index < -0.39 is 23.1 Å². The number of esters is 2. The Morgan fingerprint density at radius 2 is 1.85 bits per heavy atom. The Kier molecular flexibility index (Phi) is 5.06. The average Bonchev–Trinajstić information content (AvgIpc) is 3.36. The Morgan fingerprint density at radius 1 is 1.12 bits per heavy atom. The zero-order valence-electron chi connectivity index (χ0n) is 20.3. The van der Waals surface area contributed by atoms with Gasteiger partial charge in [0.15, 0.2) is 0 Å². The van der Waals surface area contributed by atoms with Crippen LogP contribution in [-0.4, -0.2) is 41.8 Å². The van der Waals surface area contributed by atoms with Crippen molar-refractivity contribution >= 4 is 17.8 Å². The van der Waals surface area contributed by atoms with Gasteiger partial charge in [-0.25, -0.2) is 4.79 Å². The van der Waals surface area contributed by atoms with Gasteiger partial charge in [0.25, 0.3) is 11.5 Å². The first-order valence-electron chi connectivity index (χ1n) is 12.6. The van der Waals surface area contributed by atoms with E-state index in [0.29, 0.717) is 24.2 Å². The van der Waals surface area contributed by atoms with Crippen LogP contribution in [0.3, 0.4) is 0 Å². The van der Waals surface area contributed by atoms with E-state index in [2.05, 4.69) is 19.9 Å². The third-order valence-electron chi connectivity index (χ3n) is 10.3. The first-order valence-corrected chi connectivity index (χ1v) is 12.6. The molecule has 3 saturated carbocycles. The maximum Gasteiger partial charge on any atom is 0.351 e. The van der Waals surface area contributed by atoms with Crippen LogP contribution in [0.15, 0.2) is 11.6 Å². The molecule has 1 spiro atoms. The summed E-state index contributed by atoms with van der Waals surface area (Å²) in [4.78, 5) is 36.9. The number of fused-ring (bicyclic) bond motifs is 6. The van der Waals surface area contributed by atoms with E-state index in [0.717, 1.165) is 44.9 Å². The van der Waals surface area contributed by atoms with Gasteiger partial charge in [0.2, 0.25) is 0 Å². The molecular formula is C26H37NO6. The van der Waals surface area contributed by atoms with Gasteiger partial charge >= 0.3 is 11.9 Å². The van der Waals surface area contributed by atoms with Crippen molar-refractivity contribution in [3.05, 3.63) is 11.6 Å². The first-order chi connectivity index (χ1) is 15.6. The molecule has 4 aliphatic carbocycles. The van der Waals surface area contributed by atoms with E-state index >= 15 is 0 Å². The molecule has 1 heterocycles. The predicted octanol–water partition coefficient (Wildman–Crippen LogP) is 3.44. The van der Waals surface area contributed by atoms with E-state index in [1.165, 1.54) is 12.5 Å². The maximum atomic E-state index is 12.9. The van der Waals surface area contributed by atoms with Crippen molar-refractivity contribution in [2.75, 3.05) is 6.61 Å². The molecule has 4 fully saturated rings. The van der Waals surface area contributed by atoms with Gasteiger partial charge in [0.1, 0.15) is 11.7 Å². The van der Waals surface area contributed by atoms with Crippen molar-refractivity contribution in [1.82, 2.24) is 0 Å². The van der Waals surface area contributed by atoms with Crippen LogP contribution in [-0.2, 0) is 28.6 Å². The fourth-order valence-electron chi connectivity index (χ4n) is 8.73. The molecule has 7 heteroatoms. The molecule has 1 amide bonds. The highest BCUT2D eigenvalue weighted by Crippen LogP contribution is 2.75. The van der Waals surface area contributed by atoms with E-state index in [4.69, 9.17) is 19.9 Å². The van der Waals surface area contributed by atoms with Gasteiger partial charge < -0.3 is 19.9 Å². The van der Waals surface area contributed by atoms with Crippen molar-refractivity contribution in [3.63, 3.8) is 0 Å². The monoisotopic (exact) mass is 459 g/mol. The Hall–Kier alpha value is -1.89. The lowest BCUT2D eigenvalue weighted by Gasteiger charge is -2.57. The highest BCUT2D eigenvalue weighted by atomic mass is 16.7. The van der Waals surface area contributed by atoms with Crippen molar-refractivity contribution in [2.24, 2.45) is 34.3 Å². The summed E-state index contributed by atoms with van der Waals surface area (Å²) in [5.41, 5.74) is 4.57. The second-order valence-corrected chi connectivity index (χ2v) is 11.4. The van der Waals surface area contributed by atoms with Crippen LogP contribution < -0.4 is 5.73 Å². The van der Waals surface area contributed by atoms with Gasteiger partial charge in [0, 0.05) is 18.8 Å². The molecule has 0 unspecified atom stereocenters. The van der Waals surface area contributed by atoms with Crippen LogP contribution in [0, 0.1) is 28.6 Å². The van der Waals surface area contributed by atoms with E-state index in [1.54, 1.807) is 6.92 Å². The maximum absolute atomic E-state index is 12.9. The first kappa shape index (κ1) is 22.9. The van der Waals surface area contributed by atoms with Gasteiger partial charge in [-0.3, -0.25) is 9.59 Å². The molecule has 0 aromatic heterocycles. The standard InChI is InChI=1S/C26H37NO6/c1-5-31-22(30)26(21(27)29)25(33-26)13-10-20-18-7-6-16-14-17(32-15(2)28)8-11-23(16,3)19(18)9-12-24(20,25)4/h6,17-20H,5,7-14H2,1-4H3,(H2,27,29)/t17-,18-,19-,20-,23-,24-,25+,26+/m0/s1. The van der Waals surface area contributed by atoms with E-state index in [9.17, 15) is 14.4 Å². The summed E-state index contributed by atoms with van der Waals surface area (Å²) < 4.78 is 17.0. The Morgan fingerprint density at radius 3 is 2.52 bits per heavy atom. The summed E-state index contributed by atoms with van der Waals surface area (Å²) in [5.74, 6) is -0.138. The number of carbonyl (C=O) groups is 3. The van der Waals surface area contributed by atoms with Gasteiger partial charge in [-0.1, -0.05) is 25.5 Å². The number of hydrogen-bond acceptors (Lipinski definition) is 6. The van der Waals surface area contributed by atoms with Crippen molar-refractivity contribution < 1.29 is 28.6 Å². The van der Waals surface area contributed by atoms with Crippen LogP contribution >= 0.6 is 0 Å². The molecule has 1 aliphatic heterocycles. The molecule has 5 rings (SSSR count). The summed E-state index contributed by atoms with van der Waals surface area (Å²) in [5, 5.41) is 0. The number of amides is 1. The Bertz CT molecular complexity index is 930. The number of carbonyl (C=O) groups excluding carboxylic acids is 3. The zero-order chi connectivity index (χ0) is 23.8. The number of rotatable bonds is 4. The molecule has 2 N–H and O–H groups in total. The smallest absolute Gasteiger partial charge is 0.351 e. The van der Waals surface area contributed by atoms with Crippen molar-refractivity contribution in [1.29, 1.82) is 0 Å². The zero-order valence-corrected chi connectivity index (χ0v) is 20.3. The number of nitrogens with two attached hydrogens (primary N) is 1. The molecule has 182 valence electrons. The molecule has 7 nitrogen and oxygen atoms in total. The Balaban J connectivity index is 1.43. The van der Waals surface area contributed by atoms with Crippen molar-refractivity contribution in [2.45, 2.75) is 96.4 Å². The largest absolute Gasteiger partial charge is 0.463 e. The fourth-order valence-corrected chi connectivity index (χ4v) is 8.73. The number of epoxide rings is 1. The molecule has 0 radical (unpaired) electrons. The molecule has 0 bridgehead atoms. The molecule has 33 heavy (non-hydrogen) atoms. The minimum atomic E-state index is -1.64. The van der Waals surface area contributed by atoms with Crippen LogP contribution in [0.25, 0.3) is 0 Å². The van der Waals surface area contributed by atoms with Crippen LogP contribution in [0.5, 0.6) is 0 Å². The fraction of sp³-hybridized carbons (Fsp3) is 0.808. The lowest BCUT2D eigenvalue weighted by molar-refractivity contribution is -0.153. The SMILES string of the molecule is CCOC(=O)[C@@]1(C(N)=O)O[C@@]12CC[C@H]1[C@H]3CC=C4C[C@@H](OC(C)=O)CC[C@]4(C)[C@H]3CC[C@@]12C. The highest BCUT2D eigenvalue weighted by Gasteiger charge is 2.88. The highest BCUT2D eigenvalue weighted by molar-refractivity contribution is 6.10. The van der Waals surface area contributed by atoms with Gasteiger partial charge in [-0.05, 0) is 75.0 Å². The minimum Gasteiger partial charge on any atom is -0.463 e. The average molecular weight is 460 g/mol. The molecule has 0 aromatic rings. The topological polar surface area (TPSA) is 108 Å². The molecule has 1 saturated heterocycles. The molecule has 8 atom stereocenters. The number of hydrogen-bond donors (Lipinski definition) is 1. The summed E-state index contributed by atoms with van der Waals surface area (Å²) >= 11 is 0. The number of allylic oxidation sites excluding steroid dienone is 1. The summed E-state index contributed by atoms with van der Waals surface area (Å²) in [6, 6.07) is 0. The van der Waals surface area contributed by atoms with Gasteiger partial charge in [0.05, 0.1) is 6.61 Å². The van der Waals surface area contributed by atoms with E-state index in [-0.39, 0.29) is 29.5 Å². The molecule has 5 aliphatic rings. The molecular weight excluding hydrogens is 422 g/mol. The third-order valence-corrected chi connectivity index (χ3v) is 10.3. The number of primary amides is 1. The second-order valence-electron chi connectivity index (χ2n) is 11.4. The van der Waals surface area contributed by atoms with E-state index in [1.807, 2.05) is 0 Å². The van der Waals surface area contributed by atoms with Gasteiger partial charge in [-0.2, -0.15) is 0 Å². The minimum absolute atomic E-state index is 0.0115. The van der Waals surface area contributed by atoms with Crippen molar-refractivity contribution in [3.8, 4) is 0 Å². The third kappa shape index (κ3) is 2.80. The van der Waals surface area contributed by atoms with Crippen LogP contribution in [0.2, 0.25) is 0 Å². The summed E-state index contributed by atoms with van der Waals surface area (Å²) in [6.07, 6.45) is 9.68. The van der Waals surface area contributed by atoms with Gasteiger partial charge in [-0.15, -0.1) is 0 Å². The molecule has 0 aromatic carbocycles. The summed E-state index contributed by atoms with van der Waals surface area (Å²) in [6.45, 7) is 8.02. The predicted molar refractivity (Wildman–Crippen MR) is 120 cm³/mol. The quantitative estimate of drug-likeness (QED) is 0.299. The second kappa shape index (κ2) is 7.30. The lowest BCUT2D eigenvalue weighted by Crippen LogP contribution is -2.56. The van der Waals surface area contributed by atoms with Crippen LogP contribution in [0.1, 0.15) is 79.1 Å². The Labute approximate surface area is 195 Å². The summed E-state index contributed by atoms with van der Waals surface area (Å²) in [7, 11) is 0. The normalized spacial score (nSPS) is 47.6.